The van der Waals surface area contributed by atoms with Crippen molar-refractivity contribution in [3.8, 4) is 0 Å². The molecular weight excluding hydrogens is 298 g/mol. The predicted molar refractivity (Wildman–Crippen MR) is 76.7 cm³/mol. The fraction of sp³-hybridized carbons (Fsp3) is 0.231. The fourth-order valence-electron chi connectivity index (χ4n) is 1.60. The Bertz CT molecular complexity index is 696. The van der Waals surface area contributed by atoms with Crippen molar-refractivity contribution < 1.29 is 14.2 Å². The van der Waals surface area contributed by atoms with Gasteiger partial charge in [-0.3, -0.25) is 20.2 Å². The summed E-state index contributed by atoms with van der Waals surface area (Å²) in [5, 5.41) is 16.9. The van der Waals surface area contributed by atoms with Gasteiger partial charge in [-0.05, 0) is 18.1 Å². The Labute approximate surface area is 125 Å². The van der Waals surface area contributed by atoms with Crippen molar-refractivity contribution in [2.24, 2.45) is 0 Å². The Morgan fingerprint density at radius 3 is 2.67 bits per heavy atom. The normalized spacial score (nSPS) is 10.7. The molecule has 0 fully saturated rings. The molecule has 1 N–H and O–H groups in total. The lowest BCUT2D eigenvalue weighted by Crippen LogP contribution is -2.11. The van der Waals surface area contributed by atoms with Crippen LogP contribution < -0.4 is 5.32 Å². The number of rotatable bonds is 4. The molecule has 0 saturated heterocycles. The van der Waals surface area contributed by atoms with Crippen LogP contribution in [0.25, 0.3) is 0 Å². The number of anilines is 1. The second kappa shape index (κ2) is 5.92. The predicted octanol–water partition coefficient (Wildman–Crippen LogP) is 3.61. The Balaban J connectivity index is 2.16. The van der Waals surface area contributed by atoms with E-state index in [-0.39, 0.29) is 28.1 Å². The van der Waals surface area contributed by atoms with Gasteiger partial charge in [-0.2, -0.15) is 0 Å². The highest BCUT2D eigenvalue weighted by atomic mass is 35.5. The van der Waals surface area contributed by atoms with Crippen LogP contribution in [0.5, 0.6) is 0 Å². The van der Waals surface area contributed by atoms with Gasteiger partial charge in [0.1, 0.15) is 5.02 Å². The smallest absolute Gasteiger partial charge is 0.287 e. The van der Waals surface area contributed by atoms with Crippen molar-refractivity contribution in [2.75, 3.05) is 5.32 Å². The monoisotopic (exact) mass is 309 g/mol. The van der Waals surface area contributed by atoms with E-state index in [9.17, 15) is 14.9 Å². The maximum absolute atomic E-state index is 12.0. The molecule has 2 aromatic rings. The van der Waals surface area contributed by atoms with E-state index < -0.39 is 10.8 Å². The van der Waals surface area contributed by atoms with Crippen molar-refractivity contribution in [1.82, 2.24) is 5.16 Å². The molecule has 0 aliphatic heterocycles. The third-order valence-electron chi connectivity index (χ3n) is 2.76. The molecular formula is C13H12ClN3O4. The zero-order chi connectivity index (χ0) is 15.6. The van der Waals surface area contributed by atoms with Gasteiger partial charge < -0.3 is 4.52 Å². The summed E-state index contributed by atoms with van der Waals surface area (Å²) in [6.45, 7) is 3.89. The molecule has 1 heterocycles. The van der Waals surface area contributed by atoms with Crippen LogP contribution in [0, 0.1) is 10.1 Å². The van der Waals surface area contributed by atoms with Crippen LogP contribution >= 0.6 is 11.6 Å². The molecule has 0 bridgehead atoms. The lowest BCUT2D eigenvalue weighted by molar-refractivity contribution is -0.384. The molecule has 0 spiro atoms. The first-order chi connectivity index (χ1) is 9.88. The van der Waals surface area contributed by atoms with E-state index in [0.717, 1.165) is 0 Å². The molecule has 8 heteroatoms. The number of carbonyl (C=O) groups is 1. The zero-order valence-corrected chi connectivity index (χ0v) is 12.0. The summed E-state index contributed by atoms with van der Waals surface area (Å²) in [5.41, 5.74) is 0.648. The van der Waals surface area contributed by atoms with Gasteiger partial charge in [0.2, 0.25) is 5.88 Å². The van der Waals surface area contributed by atoms with E-state index in [4.69, 9.17) is 16.1 Å². The number of nitrogens with zero attached hydrogens (tertiary/aromatic N) is 2. The number of nitrogens with one attached hydrogen (secondary N) is 1. The SMILES string of the molecule is CC(C)c1cc(NC(=O)c2ccc([N+](=O)[O-])c(Cl)c2)on1. The first-order valence-corrected chi connectivity index (χ1v) is 6.48. The van der Waals surface area contributed by atoms with Crippen LogP contribution in [0.15, 0.2) is 28.8 Å². The lowest BCUT2D eigenvalue weighted by Gasteiger charge is -2.02. The Hall–Kier alpha value is -2.41. The number of carbonyl (C=O) groups excluding carboxylic acids is 1. The molecule has 0 aliphatic carbocycles. The van der Waals surface area contributed by atoms with Crippen molar-refractivity contribution in [3.63, 3.8) is 0 Å². The summed E-state index contributed by atoms with van der Waals surface area (Å²) < 4.78 is 4.99. The molecule has 2 rings (SSSR count). The van der Waals surface area contributed by atoms with Gasteiger partial charge in [-0.15, -0.1) is 0 Å². The molecule has 0 unspecified atom stereocenters. The Morgan fingerprint density at radius 2 is 2.14 bits per heavy atom. The summed E-state index contributed by atoms with van der Waals surface area (Å²) in [7, 11) is 0. The minimum Gasteiger partial charge on any atom is -0.338 e. The van der Waals surface area contributed by atoms with Crippen LogP contribution in [0.2, 0.25) is 5.02 Å². The maximum Gasteiger partial charge on any atom is 0.287 e. The van der Waals surface area contributed by atoms with Crippen molar-refractivity contribution >= 4 is 29.1 Å². The van der Waals surface area contributed by atoms with Crippen LogP contribution in [0.1, 0.15) is 35.8 Å². The molecule has 1 aromatic heterocycles. The second-order valence-electron chi connectivity index (χ2n) is 4.65. The third kappa shape index (κ3) is 3.38. The molecule has 21 heavy (non-hydrogen) atoms. The number of nitro groups is 1. The summed E-state index contributed by atoms with van der Waals surface area (Å²) in [4.78, 5) is 22.0. The Kier molecular flexibility index (Phi) is 4.23. The van der Waals surface area contributed by atoms with E-state index in [1.807, 2.05) is 13.8 Å². The van der Waals surface area contributed by atoms with E-state index in [1.165, 1.54) is 18.2 Å². The molecule has 110 valence electrons. The third-order valence-corrected chi connectivity index (χ3v) is 3.07. The largest absolute Gasteiger partial charge is 0.338 e. The number of halogens is 1. The van der Waals surface area contributed by atoms with Gasteiger partial charge in [0.25, 0.3) is 11.6 Å². The molecule has 1 amide bonds. The summed E-state index contributed by atoms with van der Waals surface area (Å²) in [5.74, 6) is -0.107. The summed E-state index contributed by atoms with van der Waals surface area (Å²) >= 11 is 5.76. The quantitative estimate of drug-likeness (QED) is 0.687. The van der Waals surface area contributed by atoms with E-state index in [2.05, 4.69) is 10.5 Å². The second-order valence-corrected chi connectivity index (χ2v) is 5.06. The van der Waals surface area contributed by atoms with Gasteiger partial charge in [-0.25, -0.2) is 0 Å². The van der Waals surface area contributed by atoms with Crippen LogP contribution in [-0.4, -0.2) is 16.0 Å². The minimum absolute atomic E-state index is 0.104. The lowest BCUT2D eigenvalue weighted by atomic mass is 10.1. The first kappa shape index (κ1) is 15.0. The summed E-state index contributed by atoms with van der Waals surface area (Å²) in [6, 6.07) is 5.35. The van der Waals surface area contributed by atoms with Gasteiger partial charge in [0.15, 0.2) is 0 Å². The maximum atomic E-state index is 12.0. The molecule has 0 aliphatic rings. The van der Waals surface area contributed by atoms with E-state index in [1.54, 1.807) is 6.07 Å². The topological polar surface area (TPSA) is 98.3 Å². The van der Waals surface area contributed by atoms with E-state index >= 15 is 0 Å². The number of nitro benzene ring substituents is 1. The van der Waals surface area contributed by atoms with Crippen LogP contribution in [-0.2, 0) is 0 Å². The van der Waals surface area contributed by atoms with Crippen molar-refractivity contribution in [3.05, 3.63) is 50.7 Å². The fourth-order valence-corrected chi connectivity index (χ4v) is 1.85. The average molecular weight is 310 g/mol. The zero-order valence-electron chi connectivity index (χ0n) is 11.3. The highest BCUT2D eigenvalue weighted by Crippen LogP contribution is 2.25. The van der Waals surface area contributed by atoms with Gasteiger partial charge in [-0.1, -0.05) is 30.6 Å². The highest BCUT2D eigenvalue weighted by Gasteiger charge is 2.17. The van der Waals surface area contributed by atoms with Crippen molar-refractivity contribution in [1.29, 1.82) is 0 Å². The number of hydrogen-bond donors (Lipinski definition) is 1. The van der Waals surface area contributed by atoms with Gasteiger partial charge in [0, 0.05) is 17.7 Å². The standard InChI is InChI=1S/C13H12ClN3O4/c1-7(2)10-6-12(21-16-10)15-13(18)8-3-4-11(17(19)20)9(14)5-8/h3-7H,1-2H3,(H,15,18). The molecule has 1 aromatic carbocycles. The summed E-state index contributed by atoms with van der Waals surface area (Å²) in [6.07, 6.45) is 0. The molecule has 7 nitrogen and oxygen atoms in total. The first-order valence-electron chi connectivity index (χ1n) is 6.10. The number of amides is 1. The van der Waals surface area contributed by atoms with E-state index in [0.29, 0.717) is 5.69 Å². The van der Waals surface area contributed by atoms with Crippen LogP contribution in [0.4, 0.5) is 11.6 Å². The average Bonchev–Trinajstić information content (AvgIpc) is 2.86. The van der Waals surface area contributed by atoms with Gasteiger partial charge in [0.05, 0.1) is 10.6 Å². The van der Waals surface area contributed by atoms with Crippen molar-refractivity contribution in [2.45, 2.75) is 19.8 Å². The highest BCUT2D eigenvalue weighted by molar-refractivity contribution is 6.33. The number of aromatic nitrogens is 1. The Morgan fingerprint density at radius 1 is 1.43 bits per heavy atom. The molecule has 0 radical (unpaired) electrons. The van der Waals surface area contributed by atoms with Crippen LogP contribution in [0.3, 0.4) is 0 Å². The van der Waals surface area contributed by atoms with Gasteiger partial charge >= 0.3 is 0 Å². The molecule has 0 atom stereocenters. The minimum atomic E-state index is -0.616. The molecule has 0 saturated carbocycles. The number of benzene rings is 1. The number of hydrogen-bond acceptors (Lipinski definition) is 5.